The molecule has 0 bridgehead atoms. The minimum Gasteiger partial charge on any atom is -0.870 e. The van der Waals surface area contributed by atoms with E-state index >= 15 is 0 Å². The minimum absolute atomic E-state index is 0. The van der Waals surface area contributed by atoms with Gasteiger partial charge in [-0.15, -0.1) is 0 Å². The summed E-state index contributed by atoms with van der Waals surface area (Å²) in [6.07, 6.45) is 0. The van der Waals surface area contributed by atoms with Gasteiger partial charge in [-0.05, 0) is 48.5 Å². The van der Waals surface area contributed by atoms with Crippen LogP contribution in [-0.4, -0.2) is 112 Å². The van der Waals surface area contributed by atoms with Crippen LogP contribution in [0.1, 0.15) is 55.3 Å². The molecule has 0 heterocycles. The number of nitriles is 2. The van der Waals surface area contributed by atoms with E-state index in [-0.39, 0.29) is 177 Å². The van der Waals surface area contributed by atoms with E-state index in [0.717, 1.165) is 0 Å². The molecule has 0 fully saturated rings. The molecule has 2 N–H and O–H groups in total. The summed E-state index contributed by atoms with van der Waals surface area (Å²) < 4.78 is 36.7. The molecule has 0 amide bonds. The molecule has 0 saturated heterocycles. The monoisotopic (exact) mass is 1500 g/mol. The van der Waals surface area contributed by atoms with Crippen LogP contribution < -0.4 is 39.4 Å². The molecular formula is C40H44N6Nd2O30Zn2. The maximum absolute atomic E-state index is 11.4. The van der Waals surface area contributed by atoms with E-state index in [0.29, 0.717) is 0 Å². The van der Waals surface area contributed by atoms with Gasteiger partial charge in [0, 0.05) is 13.8 Å². The fourth-order valence-electron chi connectivity index (χ4n) is 3.79. The summed E-state index contributed by atoms with van der Waals surface area (Å²) in [5.74, 6) is -3.82. The summed E-state index contributed by atoms with van der Waals surface area (Å²) >= 11 is 0. The summed E-state index contributed by atoms with van der Waals surface area (Å²) in [5, 5.41) is 119. The Balaban J connectivity index is -0.0000000670. The van der Waals surface area contributed by atoms with Crippen LogP contribution in [0, 0.1) is 166 Å². The van der Waals surface area contributed by atoms with E-state index in [1.165, 1.54) is 119 Å². The maximum atomic E-state index is 11.4. The van der Waals surface area contributed by atoms with Crippen LogP contribution >= 0.6 is 0 Å². The maximum Gasteiger partial charge on any atom is 3.00 e. The predicted octanol–water partition coefficient (Wildman–Crippen LogP) is 1.97. The van der Waals surface area contributed by atoms with Crippen molar-refractivity contribution in [1.82, 2.24) is 0 Å². The summed E-state index contributed by atoms with van der Waals surface area (Å²) in [5.41, 5.74) is -0.0487. The number of hydrogen-bond acceptors (Lipinski definition) is 32. The standard InChI is InChI=1S/4C9H10O4.2C2H3N.4NO3.2Nd.2H2O.2Zn/c4*1-12-7-5-3-4-6(8(7)10)9(11)13-2;2*1-2-3;4*2-1(3)4;;;;;;/h4*3-5,10H,1-2H3;2*1H3;;;;;;;2*1H2;;/q;;;;;;4*-1;2*+3;;;2*+2/p-6. The van der Waals surface area contributed by atoms with Gasteiger partial charge in [0.1, 0.15) is 23.0 Å². The SMILES string of the molecule is CC#N.CC#N.COC(=O)c1cccc(OC)c1[O-].COC(=O)c1cccc(OC)c1[O-].COC(=O)c1cccc(OC)c1[O-].COC(=O)c1cccc(OC)c1[O-].O=[N+]([O-])[O-].O=[N+]([O-])[O-].O=[N+]([O-])[O-].O=[N+]([O-])[O-].[Nd+3].[Nd+3].[OH-].[OH-].[Zn+2].[Zn+2]. The molecule has 0 unspecified atom stereocenters. The van der Waals surface area contributed by atoms with E-state index in [2.05, 4.69) is 18.9 Å². The first kappa shape index (κ1) is 102. The Morgan fingerprint density at radius 2 is 0.487 bits per heavy atom. The normalized spacial score (nSPS) is 7.50. The van der Waals surface area contributed by atoms with Crippen LogP contribution in [0.15, 0.2) is 72.8 Å². The number of ether oxygens (including phenoxy) is 8. The van der Waals surface area contributed by atoms with E-state index in [9.17, 15) is 39.6 Å². The van der Waals surface area contributed by atoms with Crippen molar-refractivity contribution >= 4 is 23.9 Å². The molecule has 2 radical (unpaired) electrons. The van der Waals surface area contributed by atoms with Crippen molar-refractivity contribution in [2.24, 2.45) is 0 Å². The van der Waals surface area contributed by atoms with Crippen LogP contribution in [0.4, 0.5) is 0 Å². The average Bonchev–Trinajstić information content (AvgIpc) is 3.33. The third kappa shape index (κ3) is 52.8. The zero-order chi connectivity index (χ0) is 59.1. The molecule has 0 saturated carbocycles. The topological polar surface area (TPSA) is 607 Å². The molecule has 0 aliphatic carbocycles. The Morgan fingerprint density at radius 1 is 0.375 bits per heavy atom. The Morgan fingerprint density at radius 3 is 0.575 bits per heavy atom. The van der Waals surface area contributed by atoms with Gasteiger partial charge >= 0.3 is 145 Å². The first-order valence-corrected chi connectivity index (χ1v) is 18.1. The largest absolute Gasteiger partial charge is 3.00 e. The number of carbonyl (C=O) groups is 4. The third-order valence-corrected chi connectivity index (χ3v) is 6.42. The van der Waals surface area contributed by atoms with Gasteiger partial charge in [-0.1, -0.05) is 47.3 Å². The molecule has 0 aromatic heterocycles. The fourth-order valence-corrected chi connectivity index (χ4v) is 3.79. The molecule has 4 rings (SSSR count). The van der Waals surface area contributed by atoms with Gasteiger partial charge < -0.3 is 131 Å². The summed E-state index contributed by atoms with van der Waals surface area (Å²) in [7, 11) is 10.4. The average molecular weight is 1510 g/mol. The van der Waals surface area contributed by atoms with Crippen LogP contribution in [0.3, 0.4) is 0 Å². The van der Waals surface area contributed by atoms with Crippen LogP contribution in [0.25, 0.3) is 0 Å². The first-order chi connectivity index (χ1) is 34.6. The van der Waals surface area contributed by atoms with Crippen molar-refractivity contribution < 1.29 is 229 Å². The van der Waals surface area contributed by atoms with Gasteiger partial charge in [-0.2, -0.15) is 10.5 Å². The van der Waals surface area contributed by atoms with E-state index < -0.39 is 67.2 Å². The second kappa shape index (κ2) is 64.3. The summed E-state index contributed by atoms with van der Waals surface area (Å²) in [6, 6.07) is 21.3. The first-order valence-electron chi connectivity index (χ1n) is 18.1. The van der Waals surface area contributed by atoms with E-state index in [1.807, 2.05) is 0 Å². The van der Waals surface area contributed by atoms with Crippen LogP contribution in [0.2, 0.25) is 0 Å². The number of rotatable bonds is 8. The van der Waals surface area contributed by atoms with Crippen molar-refractivity contribution in [1.29, 1.82) is 10.5 Å². The zero-order valence-corrected chi connectivity index (χ0v) is 55.7. The van der Waals surface area contributed by atoms with Crippen LogP contribution in [0.5, 0.6) is 46.0 Å². The molecule has 4 aromatic carbocycles. The van der Waals surface area contributed by atoms with Crippen molar-refractivity contribution in [2.45, 2.75) is 13.8 Å². The van der Waals surface area contributed by atoms with Crippen molar-refractivity contribution in [2.75, 3.05) is 56.9 Å². The number of carbonyl (C=O) groups excluding carboxylic acids is 4. The number of benzene rings is 4. The Bertz CT molecular complexity index is 2130. The summed E-state index contributed by atoms with van der Waals surface area (Å²) in [6.45, 7) is 2.86. The molecule has 426 valence electrons. The van der Waals surface area contributed by atoms with Gasteiger partial charge in [0.15, 0.2) is 0 Å². The van der Waals surface area contributed by atoms with E-state index in [1.54, 1.807) is 36.4 Å². The second-order valence-electron chi connectivity index (χ2n) is 10.7. The second-order valence-corrected chi connectivity index (χ2v) is 10.7. The van der Waals surface area contributed by atoms with Gasteiger partial charge in [-0.3, -0.25) is 0 Å². The van der Waals surface area contributed by atoms with Gasteiger partial charge in [-0.25, -0.2) is 19.2 Å². The number of esters is 4. The van der Waals surface area contributed by atoms with Gasteiger partial charge in [0.25, 0.3) is 0 Å². The molecule has 0 aliphatic rings. The summed E-state index contributed by atoms with van der Waals surface area (Å²) in [4.78, 5) is 77.1. The fraction of sp³-hybridized carbons (Fsp3) is 0.250. The Hall–Kier alpha value is -7.19. The van der Waals surface area contributed by atoms with Gasteiger partial charge in [0.05, 0.1) is 112 Å². The third-order valence-electron chi connectivity index (χ3n) is 6.42. The van der Waals surface area contributed by atoms with Crippen molar-refractivity contribution in [3.05, 3.63) is 156 Å². The molecule has 0 aliphatic heterocycles. The molecule has 80 heavy (non-hydrogen) atoms. The molecule has 0 atom stereocenters. The molecule has 4 aromatic rings. The number of methoxy groups -OCH3 is 8. The van der Waals surface area contributed by atoms with E-state index in [4.69, 9.17) is 90.8 Å². The Kier molecular flexibility index (Phi) is 81.6. The van der Waals surface area contributed by atoms with Crippen molar-refractivity contribution in [3.8, 4) is 58.1 Å². The van der Waals surface area contributed by atoms with Crippen molar-refractivity contribution in [3.63, 3.8) is 0 Å². The minimum atomic E-state index is -1.75. The predicted molar refractivity (Wildman–Crippen MR) is 243 cm³/mol. The van der Waals surface area contributed by atoms with Gasteiger partial charge in [0.2, 0.25) is 0 Å². The molecular weight excluding hydrogens is 1460 g/mol. The smallest absolute Gasteiger partial charge is 0.870 e. The number of nitrogens with zero attached hydrogens (tertiary/aromatic N) is 6. The molecule has 36 nitrogen and oxygen atoms in total. The number of para-hydroxylation sites is 4. The zero-order valence-electron chi connectivity index (χ0n) is 43.4. The number of hydrogen-bond donors (Lipinski definition) is 0. The molecule has 40 heteroatoms. The Labute approximate surface area is 543 Å². The van der Waals surface area contributed by atoms with Crippen LogP contribution in [-0.2, 0) is 57.9 Å². The molecule has 0 spiro atoms. The quantitative estimate of drug-likeness (QED) is 0.0800.